The van der Waals surface area contributed by atoms with Crippen LogP contribution in [-0.4, -0.2) is 42.2 Å². The van der Waals surface area contributed by atoms with Crippen LogP contribution in [0, 0.1) is 6.92 Å². The molecule has 4 rings (SSSR count). The highest BCUT2D eigenvalue weighted by atomic mass is 16.6. The summed E-state index contributed by atoms with van der Waals surface area (Å²) in [5.41, 5.74) is 3.64. The molecule has 1 aromatic carbocycles. The number of fused-ring (bicyclic) bond motifs is 1. The smallest absolute Gasteiger partial charge is 0.410 e. The first kappa shape index (κ1) is 21.4. The number of hydrogen-bond donors (Lipinski definition) is 2. The van der Waals surface area contributed by atoms with Gasteiger partial charge in [0.25, 0.3) is 0 Å². The SMILES string of the molecule is Cc1ccc(OC(=O)NC2CCC(Nc3nc4c(c(N(C)C)n3)CCCC4)CC2)cc1. The van der Waals surface area contributed by atoms with Crippen LogP contribution in [0.25, 0.3) is 0 Å². The highest BCUT2D eigenvalue weighted by molar-refractivity contribution is 5.70. The van der Waals surface area contributed by atoms with E-state index in [-0.39, 0.29) is 12.1 Å². The highest BCUT2D eigenvalue weighted by Gasteiger charge is 2.25. The minimum atomic E-state index is -0.381. The van der Waals surface area contributed by atoms with Crippen molar-refractivity contribution in [3.63, 3.8) is 0 Å². The third-order valence-corrected chi connectivity index (χ3v) is 6.20. The fraction of sp³-hybridized carbons (Fsp3) is 0.542. The molecule has 1 heterocycles. The van der Waals surface area contributed by atoms with Gasteiger partial charge in [-0.05, 0) is 70.4 Å². The molecule has 0 spiro atoms. The first-order chi connectivity index (χ1) is 15.0. The maximum absolute atomic E-state index is 12.2. The summed E-state index contributed by atoms with van der Waals surface area (Å²) in [6.45, 7) is 2.01. The van der Waals surface area contributed by atoms with Crippen molar-refractivity contribution in [2.24, 2.45) is 0 Å². The summed E-state index contributed by atoms with van der Waals surface area (Å²) in [5, 5.41) is 6.56. The number of nitrogens with zero attached hydrogens (tertiary/aromatic N) is 3. The number of benzene rings is 1. The number of amides is 1. The first-order valence-corrected chi connectivity index (χ1v) is 11.4. The van der Waals surface area contributed by atoms with Crippen LogP contribution in [0.5, 0.6) is 5.75 Å². The molecule has 2 aliphatic rings. The normalized spacial score (nSPS) is 20.5. The van der Waals surface area contributed by atoms with Crippen LogP contribution in [-0.2, 0) is 12.8 Å². The first-order valence-electron chi connectivity index (χ1n) is 11.4. The van der Waals surface area contributed by atoms with E-state index in [0.717, 1.165) is 55.9 Å². The zero-order valence-electron chi connectivity index (χ0n) is 18.8. The van der Waals surface area contributed by atoms with Crippen molar-refractivity contribution in [2.75, 3.05) is 24.3 Å². The van der Waals surface area contributed by atoms with E-state index in [0.29, 0.717) is 11.8 Å². The van der Waals surface area contributed by atoms with Gasteiger partial charge < -0.3 is 20.3 Å². The van der Waals surface area contributed by atoms with Crippen molar-refractivity contribution in [3.05, 3.63) is 41.1 Å². The lowest BCUT2D eigenvalue weighted by atomic mass is 9.91. The number of ether oxygens (including phenoxy) is 1. The van der Waals surface area contributed by atoms with E-state index in [9.17, 15) is 4.79 Å². The van der Waals surface area contributed by atoms with Crippen LogP contribution < -0.4 is 20.3 Å². The van der Waals surface area contributed by atoms with Crippen LogP contribution in [0.1, 0.15) is 55.3 Å². The average Bonchev–Trinajstić information content (AvgIpc) is 2.76. The summed E-state index contributed by atoms with van der Waals surface area (Å²) in [6.07, 6.45) is 7.89. The van der Waals surface area contributed by atoms with E-state index >= 15 is 0 Å². The Morgan fingerprint density at radius 3 is 2.39 bits per heavy atom. The molecule has 0 saturated heterocycles. The van der Waals surface area contributed by atoms with Crippen molar-refractivity contribution in [1.82, 2.24) is 15.3 Å². The van der Waals surface area contributed by atoms with E-state index in [4.69, 9.17) is 14.7 Å². The number of hydrogen-bond acceptors (Lipinski definition) is 6. The van der Waals surface area contributed by atoms with Crippen molar-refractivity contribution < 1.29 is 9.53 Å². The number of carbonyl (C=O) groups is 1. The van der Waals surface area contributed by atoms with Gasteiger partial charge in [-0.2, -0.15) is 4.98 Å². The molecule has 7 heteroatoms. The molecular formula is C24H33N5O2. The zero-order valence-corrected chi connectivity index (χ0v) is 18.8. The Balaban J connectivity index is 1.29. The lowest BCUT2D eigenvalue weighted by molar-refractivity contribution is 0.191. The van der Waals surface area contributed by atoms with Gasteiger partial charge in [-0.15, -0.1) is 0 Å². The molecule has 0 bridgehead atoms. The number of nitrogens with one attached hydrogen (secondary N) is 2. The molecule has 166 valence electrons. The molecule has 1 aromatic heterocycles. The second kappa shape index (κ2) is 9.54. The fourth-order valence-corrected chi connectivity index (χ4v) is 4.48. The third-order valence-electron chi connectivity index (χ3n) is 6.20. The number of carbonyl (C=O) groups excluding carboxylic acids is 1. The van der Waals surface area contributed by atoms with Gasteiger partial charge in [0.1, 0.15) is 11.6 Å². The summed E-state index contributed by atoms with van der Waals surface area (Å²) >= 11 is 0. The van der Waals surface area contributed by atoms with Gasteiger partial charge in [0.2, 0.25) is 5.95 Å². The standard InChI is InChI=1S/C24H33N5O2/c1-16-8-14-19(15-9-16)31-24(30)26-18-12-10-17(11-13-18)25-23-27-21-7-5-4-6-20(21)22(28-23)29(2)3/h8-9,14-15,17-18H,4-7,10-13H2,1-3H3,(H,26,30)(H,25,27,28). The van der Waals surface area contributed by atoms with Gasteiger partial charge in [0, 0.05) is 31.7 Å². The molecule has 31 heavy (non-hydrogen) atoms. The molecule has 2 aromatic rings. The van der Waals surface area contributed by atoms with Gasteiger partial charge in [0.05, 0.1) is 5.69 Å². The molecule has 0 aliphatic heterocycles. The molecule has 7 nitrogen and oxygen atoms in total. The van der Waals surface area contributed by atoms with E-state index in [1.165, 1.54) is 24.1 Å². The average molecular weight is 424 g/mol. The van der Waals surface area contributed by atoms with Crippen LogP contribution in [0.4, 0.5) is 16.6 Å². The monoisotopic (exact) mass is 423 g/mol. The molecule has 2 aliphatic carbocycles. The molecule has 1 amide bonds. The Labute approximate surface area is 184 Å². The van der Waals surface area contributed by atoms with E-state index in [1.54, 1.807) is 0 Å². The topological polar surface area (TPSA) is 79.4 Å². The van der Waals surface area contributed by atoms with Gasteiger partial charge >= 0.3 is 6.09 Å². The number of anilines is 2. The van der Waals surface area contributed by atoms with Crippen LogP contribution in [0.2, 0.25) is 0 Å². The Morgan fingerprint density at radius 1 is 1.00 bits per heavy atom. The molecule has 2 N–H and O–H groups in total. The molecule has 0 unspecified atom stereocenters. The molecule has 0 atom stereocenters. The van der Waals surface area contributed by atoms with Crippen molar-refractivity contribution in [2.45, 2.75) is 70.4 Å². The second-order valence-corrected chi connectivity index (χ2v) is 8.94. The van der Waals surface area contributed by atoms with Gasteiger partial charge in [-0.1, -0.05) is 17.7 Å². The predicted molar refractivity (Wildman–Crippen MR) is 123 cm³/mol. The third kappa shape index (κ3) is 5.46. The minimum absolute atomic E-state index is 0.137. The number of aryl methyl sites for hydroxylation is 2. The largest absolute Gasteiger partial charge is 0.412 e. The zero-order chi connectivity index (χ0) is 21.8. The van der Waals surface area contributed by atoms with Gasteiger partial charge in [-0.25, -0.2) is 9.78 Å². The predicted octanol–water partition coefficient (Wildman–Crippen LogP) is 4.24. The molecular weight excluding hydrogens is 390 g/mol. The van der Waals surface area contributed by atoms with Gasteiger partial charge in [-0.3, -0.25) is 0 Å². The fourth-order valence-electron chi connectivity index (χ4n) is 4.48. The highest BCUT2D eigenvalue weighted by Crippen LogP contribution is 2.29. The van der Waals surface area contributed by atoms with E-state index in [2.05, 4.69) is 15.5 Å². The second-order valence-electron chi connectivity index (χ2n) is 8.94. The van der Waals surface area contributed by atoms with Crippen LogP contribution in [0.3, 0.4) is 0 Å². The summed E-state index contributed by atoms with van der Waals surface area (Å²) in [6, 6.07) is 7.96. The minimum Gasteiger partial charge on any atom is -0.410 e. The molecule has 1 fully saturated rings. The molecule has 0 radical (unpaired) electrons. The van der Waals surface area contributed by atoms with Crippen molar-refractivity contribution >= 4 is 17.9 Å². The van der Waals surface area contributed by atoms with E-state index in [1.807, 2.05) is 45.3 Å². The van der Waals surface area contributed by atoms with E-state index < -0.39 is 0 Å². The molecule has 1 saturated carbocycles. The maximum Gasteiger partial charge on any atom is 0.412 e. The summed E-state index contributed by atoms with van der Waals surface area (Å²) in [5.74, 6) is 2.35. The maximum atomic E-state index is 12.2. The summed E-state index contributed by atoms with van der Waals surface area (Å²) in [4.78, 5) is 23.9. The van der Waals surface area contributed by atoms with Crippen LogP contribution >= 0.6 is 0 Å². The Kier molecular flexibility index (Phi) is 6.59. The van der Waals surface area contributed by atoms with Crippen molar-refractivity contribution in [3.8, 4) is 5.75 Å². The van der Waals surface area contributed by atoms with Crippen molar-refractivity contribution in [1.29, 1.82) is 0 Å². The number of rotatable bonds is 5. The van der Waals surface area contributed by atoms with Crippen LogP contribution in [0.15, 0.2) is 24.3 Å². The summed E-state index contributed by atoms with van der Waals surface area (Å²) < 4.78 is 5.39. The van der Waals surface area contributed by atoms with Gasteiger partial charge in [0.15, 0.2) is 0 Å². The Bertz CT molecular complexity index is 905. The Hall–Kier alpha value is -2.83. The quantitative estimate of drug-likeness (QED) is 0.749. The lowest BCUT2D eigenvalue weighted by Crippen LogP contribution is -2.41. The summed E-state index contributed by atoms with van der Waals surface area (Å²) in [7, 11) is 4.10. The Morgan fingerprint density at radius 2 is 1.68 bits per heavy atom. The number of aromatic nitrogens is 2. The lowest BCUT2D eigenvalue weighted by Gasteiger charge is -2.30.